The van der Waals surface area contributed by atoms with Gasteiger partial charge in [0.2, 0.25) is 11.8 Å². The molecule has 1 aromatic heterocycles. The summed E-state index contributed by atoms with van der Waals surface area (Å²) in [6.45, 7) is 10.8. The van der Waals surface area contributed by atoms with Crippen LogP contribution in [0.5, 0.6) is 5.75 Å². The summed E-state index contributed by atoms with van der Waals surface area (Å²) in [5.41, 5.74) is -1.74. The number of hydrogen-bond donors (Lipinski definition) is 0. The molecule has 0 spiro atoms. The number of carbonyl (C=O) groups excluding carboxylic acids is 1. The fourth-order valence-electron chi connectivity index (χ4n) is 3.76. The van der Waals surface area contributed by atoms with Crippen molar-refractivity contribution in [2.24, 2.45) is 5.41 Å². The summed E-state index contributed by atoms with van der Waals surface area (Å²) in [6.07, 6.45) is -5.76. The fourth-order valence-corrected chi connectivity index (χ4v) is 3.95. The molecule has 176 valence electrons. The number of alkyl halides is 3. The first-order chi connectivity index (χ1) is 16.0. The van der Waals surface area contributed by atoms with E-state index in [1.807, 2.05) is 0 Å². The first kappa shape index (κ1) is 23.6. The summed E-state index contributed by atoms with van der Waals surface area (Å²) in [6, 6.07) is 9.90. The largest absolute Gasteiger partial charge is 0.480 e. The van der Waals surface area contributed by atoms with Crippen molar-refractivity contribution in [2.45, 2.75) is 32.7 Å². The van der Waals surface area contributed by atoms with Gasteiger partial charge in [0.25, 0.3) is 5.91 Å². The first-order valence-corrected chi connectivity index (χ1v) is 10.5. The Hall–Kier alpha value is -3.58. The van der Waals surface area contributed by atoms with Crippen molar-refractivity contribution in [1.29, 1.82) is 0 Å². The molecule has 0 saturated carbocycles. The Bertz CT molecular complexity index is 1280. The molecule has 3 aromatic rings. The van der Waals surface area contributed by atoms with E-state index in [0.717, 1.165) is 12.1 Å². The van der Waals surface area contributed by atoms with Crippen molar-refractivity contribution in [3.63, 3.8) is 0 Å². The van der Waals surface area contributed by atoms with E-state index in [1.54, 1.807) is 38.1 Å². The quantitative estimate of drug-likeness (QED) is 0.424. The van der Waals surface area contributed by atoms with Crippen molar-refractivity contribution >= 4 is 23.2 Å². The maximum atomic E-state index is 13.3. The van der Waals surface area contributed by atoms with Crippen molar-refractivity contribution in [3.05, 3.63) is 70.4 Å². The highest BCUT2D eigenvalue weighted by Gasteiger charge is 2.48. The van der Waals surface area contributed by atoms with E-state index in [-0.39, 0.29) is 30.6 Å². The van der Waals surface area contributed by atoms with Crippen LogP contribution in [-0.4, -0.2) is 33.7 Å². The van der Waals surface area contributed by atoms with Crippen LogP contribution in [-0.2, 0) is 17.5 Å². The smallest absolute Gasteiger partial charge is 0.407 e. The molecule has 1 aliphatic heterocycles. The van der Waals surface area contributed by atoms with Crippen LogP contribution in [0.15, 0.2) is 46.9 Å². The van der Waals surface area contributed by atoms with E-state index in [1.165, 1.54) is 11.0 Å². The van der Waals surface area contributed by atoms with Gasteiger partial charge in [0.05, 0.1) is 18.7 Å². The average molecular weight is 491 g/mol. The molecule has 34 heavy (non-hydrogen) atoms. The van der Waals surface area contributed by atoms with Gasteiger partial charge in [0.1, 0.15) is 5.75 Å². The van der Waals surface area contributed by atoms with Crippen molar-refractivity contribution in [2.75, 3.05) is 6.54 Å². The van der Waals surface area contributed by atoms with Crippen molar-refractivity contribution in [1.82, 2.24) is 15.1 Å². The molecule has 1 fully saturated rings. The second kappa shape index (κ2) is 8.65. The van der Waals surface area contributed by atoms with E-state index >= 15 is 0 Å². The maximum absolute atomic E-state index is 13.3. The van der Waals surface area contributed by atoms with Gasteiger partial charge in [-0.2, -0.15) is 13.2 Å². The van der Waals surface area contributed by atoms with E-state index in [2.05, 4.69) is 15.0 Å². The van der Waals surface area contributed by atoms with Gasteiger partial charge in [-0.1, -0.05) is 37.6 Å². The molecular formula is C23H18ClF3N4O3. The molecule has 0 radical (unpaired) electrons. The van der Waals surface area contributed by atoms with Gasteiger partial charge in [-0.15, -0.1) is 10.2 Å². The number of ether oxygens (including phenoxy) is 1. The van der Waals surface area contributed by atoms with Crippen LogP contribution in [0.2, 0.25) is 5.02 Å². The van der Waals surface area contributed by atoms with Crippen LogP contribution < -0.4 is 4.74 Å². The molecule has 4 rings (SSSR count). The molecule has 0 aliphatic carbocycles. The Morgan fingerprint density at radius 3 is 2.71 bits per heavy atom. The number of rotatable bonds is 5. The molecule has 1 unspecified atom stereocenters. The molecule has 7 nitrogen and oxygen atoms in total. The number of amides is 1. The SMILES string of the molecule is [C-]#[N+]c1ccc(OC2C(=O)N(Cc3nnc(-c4cccc(Cl)c4)o3)CC2(C)C)cc1C(F)(F)F. The number of halogens is 4. The zero-order valence-corrected chi connectivity index (χ0v) is 18.8. The Kier molecular flexibility index (Phi) is 6.00. The third kappa shape index (κ3) is 4.70. The molecule has 1 aliphatic rings. The number of benzene rings is 2. The third-order valence-electron chi connectivity index (χ3n) is 5.36. The molecule has 1 saturated heterocycles. The minimum Gasteiger partial charge on any atom is -0.480 e. The van der Waals surface area contributed by atoms with E-state index < -0.39 is 34.9 Å². The monoisotopic (exact) mass is 490 g/mol. The number of carbonyl (C=O) groups is 1. The lowest BCUT2D eigenvalue weighted by Gasteiger charge is -2.24. The predicted octanol–water partition coefficient (Wildman–Crippen LogP) is 5.78. The Balaban J connectivity index is 1.52. The number of hydrogen-bond acceptors (Lipinski definition) is 5. The molecule has 11 heteroatoms. The highest BCUT2D eigenvalue weighted by molar-refractivity contribution is 6.30. The van der Waals surface area contributed by atoms with Gasteiger partial charge < -0.3 is 14.1 Å². The van der Waals surface area contributed by atoms with Crippen LogP contribution >= 0.6 is 11.6 Å². The number of aromatic nitrogens is 2. The van der Waals surface area contributed by atoms with Gasteiger partial charge >= 0.3 is 6.18 Å². The second-order valence-electron chi connectivity index (χ2n) is 8.48. The molecule has 2 aromatic carbocycles. The topological polar surface area (TPSA) is 72.8 Å². The second-order valence-corrected chi connectivity index (χ2v) is 8.92. The Morgan fingerprint density at radius 1 is 1.26 bits per heavy atom. The minimum atomic E-state index is -4.72. The van der Waals surface area contributed by atoms with Crippen LogP contribution in [0.25, 0.3) is 16.3 Å². The van der Waals surface area contributed by atoms with Crippen molar-refractivity contribution < 1.29 is 27.1 Å². The van der Waals surface area contributed by atoms with Crippen LogP contribution in [0.4, 0.5) is 18.9 Å². The van der Waals surface area contributed by atoms with Crippen LogP contribution in [0.3, 0.4) is 0 Å². The standard InChI is InChI=1S/C23H18ClF3N4O3/c1-22(2)12-31(11-18-29-30-20(34-18)13-5-4-6-14(24)9-13)21(32)19(22)33-15-7-8-17(28-3)16(10-15)23(25,26)27/h4-10,19H,11-12H2,1-2H3. The lowest BCUT2D eigenvalue weighted by Crippen LogP contribution is -2.36. The first-order valence-electron chi connectivity index (χ1n) is 10.1. The van der Waals surface area contributed by atoms with Crippen molar-refractivity contribution in [3.8, 4) is 17.2 Å². The van der Waals surface area contributed by atoms with Gasteiger partial charge in [0.15, 0.2) is 11.8 Å². The van der Waals surface area contributed by atoms with E-state index in [0.29, 0.717) is 10.6 Å². The highest BCUT2D eigenvalue weighted by atomic mass is 35.5. The normalized spacial score (nSPS) is 17.6. The summed E-state index contributed by atoms with van der Waals surface area (Å²) in [5, 5.41) is 8.48. The van der Waals surface area contributed by atoms with E-state index in [9.17, 15) is 18.0 Å². The van der Waals surface area contributed by atoms with Crippen LogP contribution in [0, 0.1) is 12.0 Å². The molecular weight excluding hydrogens is 473 g/mol. The fraction of sp³-hybridized carbons (Fsp3) is 0.304. The number of nitrogens with zero attached hydrogens (tertiary/aromatic N) is 4. The average Bonchev–Trinajstić information content (AvgIpc) is 3.31. The Morgan fingerprint density at radius 2 is 2.03 bits per heavy atom. The minimum absolute atomic E-state index is 0.0140. The molecule has 0 bridgehead atoms. The van der Waals surface area contributed by atoms with Gasteiger partial charge in [-0.05, 0) is 30.3 Å². The Labute approximate surface area is 197 Å². The van der Waals surface area contributed by atoms with Gasteiger partial charge in [-0.3, -0.25) is 4.79 Å². The summed E-state index contributed by atoms with van der Waals surface area (Å²) >= 11 is 5.99. The number of likely N-dealkylation sites (tertiary alicyclic amines) is 1. The van der Waals surface area contributed by atoms with Gasteiger partial charge in [0, 0.05) is 22.5 Å². The zero-order valence-electron chi connectivity index (χ0n) is 18.1. The predicted molar refractivity (Wildman–Crippen MR) is 116 cm³/mol. The summed E-state index contributed by atoms with van der Waals surface area (Å²) in [4.78, 5) is 17.4. The van der Waals surface area contributed by atoms with Crippen LogP contribution in [0.1, 0.15) is 25.3 Å². The summed E-state index contributed by atoms with van der Waals surface area (Å²) in [7, 11) is 0. The molecule has 0 N–H and O–H groups in total. The van der Waals surface area contributed by atoms with Gasteiger partial charge in [-0.25, -0.2) is 4.85 Å². The zero-order chi connectivity index (χ0) is 24.7. The molecule has 2 heterocycles. The van der Waals surface area contributed by atoms with E-state index in [4.69, 9.17) is 27.3 Å². The maximum Gasteiger partial charge on any atom is 0.407 e. The lowest BCUT2D eigenvalue weighted by molar-refractivity contribution is -0.137. The highest BCUT2D eigenvalue weighted by Crippen LogP contribution is 2.40. The molecule has 1 amide bonds. The lowest BCUT2D eigenvalue weighted by atomic mass is 9.89. The molecule has 1 atom stereocenters. The third-order valence-corrected chi connectivity index (χ3v) is 5.59. The summed E-state index contributed by atoms with van der Waals surface area (Å²) < 4.78 is 51.3. The summed E-state index contributed by atoms with van der Waals surface area (Å²) in [5.74, 6) is -0.124.